The molecule has 138 valence electrons. The van der Waals surface area contributed by atoms with Crippen LogP contribution in [-0.4, -0.2) is 49.9 Å². The zero-order valence-electron chi connectivity index (χ0n) is 15.4. The van der Waals surface area contributed by atoms with Crippen LogP contribution >= 0.6 is 11.3 Å². The SMILES string of the molecule is CCN(CC)CCOc1ccc(NC2=NCC(c3ccsc3)C=N2)cc1. The first-order valence-electron chi connectivity index (χ1n) is 9.11. The molecule has 1 aliphatic rings. The van der Waals surface area contributed by atoms with Crippen molar-refractivity contribution in [3.63, 3.8) is 0 Å². The van der Waals surface area contributed by atoms with Crippen LogP contribution in [0.4, 0.5) is 5.69 Å². The Labute approximate surface area is 159 Å². The molecule has 3 rings (SSSR count). The van der Waals surface area contributed by atoms with Crippen molar-refractivity contribution >= 4 is 29.2 Å². The maximum Gasteiger partial charge on any atom is 0.222 e. The fourth-order valence-electron chi connectivity index (χ4n) is 2.78. The van der Waals surface area contributed by atoms with Crippen molar-refractivity contribution in [2.45, 2.75) is 19.8 Å². The van der Waals surface area contributed by atoms with E-state index in [1.54, 1.807) is 11.3 Å². The molecular weight excluding hydrogens is 344 g/mol. The predicted octanol–water partition coefficient (Wildman–Crippen LogP) is 4.10. The van der Waals surface area contributed by atoms with Crippen LogP contribution in [0.5, 0.6) is 5.75 Å². The van der Waals surface area contributed by atoms with Gasteiger partial charge in [0.15, 0.2) is 0 Å². The number of thiophene rings is 1. The van der Waals surface area contributed by atoms with E-state index in [4.69, 9.17) is 4.74 Å². The molecule has 2 heterocycles. The number of guanidine groups is 1. The molecule has 6 heteroatoms. The quantitative estimate of drug-likeness (QED) is 0.761. The summed E-state index contributed by atoms with van der Waals surface area (Å²) in [6.07, 6.45) is 1.97. The van der Waals surface area contributed by atoms with Gasteiger partial charge in [0.05, 0.1) is 6.54 Å². The van der Waals surface area contributed by atoms with E-state index < -0.39 is 0 Å². The van der Waals surface area contributed by atoms with Gasteiger partial charge in [0.1, 0.15) is 12.4 Å². The number of benzene rings is 1. The molecule has 1 atom stereocenters. The Balaban J connectivity index is 1.47. The van der Waals surface area contributed by atoms with Gasteiger partial charge in [-0.25, -0.2) is 4.99 Å². The highest BCUT2D eigenvalue weighted by Gasteiger charge is 2.13. The Morgan fingerprint density at radius 1 is 1.19 bits per heavy atom. The molecule has 1 N–H and O–H groups in total. The molecule has 1 aliphatic heterocycles. The Morgan fingerprint density at radius 2 is 2.00 bits per heavy atom. The van der Waals surface area contributed by atoms with Gasteiger partial charge in [-0.1, -0.05) is 13.8 Å². The molecule has 0 bridgehead atoms. The largest absolute Gasteiger partial charge is 0.492 e. The fraction of sp³-hybridized carbons (Fsp3) is 0.400. The molecule has 2 aromatic rings. The Bertz CT molecular complexity index is 721. The van der Waals surface area contributed by atoms with Crippen LogP contribution in [0.2, 0.25) is 0 Å². The van der Waals surface area contributed by atoms with E-state index in [1.165, 1.54) is 5.56 Å². The van der Waals surface area contributed by atoms with Crippen molar-refractivity contribution in [3.05, 3.63) is 46.7 Å². The number of likely N-dealkylation sites (N-methyl/N-ethyl adjacent to an activating group) is 1. The van der Waals surface area contributed by atoms with E-state index in [2.05, 4.69) is 50.9 Å². The Kier molecular flexibility index (Phi) is 6.80. The molecule has 0 radical (unpaired) electrons. The number of nitrogens with zero attached hydrogens (tertiary/aromatic N) is 3. The third-order valence-corrected chi connectivity index (χ3v) is 5.17. The fourth-order valence-corrected chi connectivity index (χ4v) is 3.50. The molecule has 26 heavy (non-hydrogen) atoms. The zero-order valence-corrected chi connectivity index (χ0v) is 16.2. The van der Waals surface area contributed by atoms with Gasteiger partial charge in [0.2, 0.25) is 5.96 Å². The summed E-state index contributed by atoms with van der Waals surface area (Å²) in [6, 6.07) is 10.1. The average molecular weight is 371 g/mol. The third-order valence-electron chi connectivity index (χ3n) is 4.47. The number of hydrogen-bond acceptors (Lipinski definition) is 6. The van der Waals surface area contributed by atoms with Crippen LogP contribution < -0.4 is 10.1 Å². The lowest BCUT2D eigenvalue weighted by molar-refractivity contribution is 0.223. The molecule has 0 saturated carbocycles. The van der Waals surface area contributed by atoms with Crippen LogP contribution in [0.25, 0.3) is 0 Å². The van der Waals surface area contributed by atoms with Crippen molar-refractivity contribution in [3.8, 4) is 5.75 Å². The van der Waals surface area contributed by atoms with Gasteiger partial charge >= 0.3 is 0 Å². The topological polar surface area (TPSA) is 49.2 Å². The minimum Gasteiger partial charge on any atom is -0.492 e. The maximum absolute atomic E-state index is 5.81. The number of aliphatic imine (C=N–C) groups is 2. The predicted molar refractivity (Wildman–Crippen MR) is 111 cm³/mol. The van der Waals surface area contributed by atoms with Crippen LogP contribution in [-0.2, 0) is 0 Å². The summed E-state index contributed by atoms with van der Waals surface area (Å²) < 4.78 is 5.81. The summed E-state index contributed by atoms with van der Waals surface area (Å²) >= 11 is 1.71. The molecule has 0 spiro atoms. The van der Waals surface area contributed by atoms with Crippen LogP contribution in [0.15, 0.2) is 51.1 Å². The number of nitrogens with one attached hydrogen (secondary N) is 1. The molecular formula is C20H26N4OS. The van der Waals surface area contributed by atoms with Crippen LogP contribution in [0, 0.1) is 0 Å². The molecule has 0 aliphatic carbocycles. The zero-order chi connectivity index (χ0) is 18.2. The summed E-state index contributed by atoms with van der Waals surface area (Å²) in [4.78, 5) is 11.3. The second kappa shape index (κ2) is 9.50. The van der Waals surface area contributed by atoms with Crippen LogP contribution in [0.3, 0.4) is 0 Å². The molecule has 0 amide bonds. The number of ether oxygens (including phenoxy) is 1. The van der Waals surface area contributed by atoms with Gasteiger partial charge in [-0.3, -0.25) is 4.99 Å². The highest BCUT2D eigenvalue weighted by Crippen LogP contribution is 2.21. The molecule has 0 fully saturated rings. The molecule has 0 saturated heterocycles. The van der Waals surface area contributed by atoms with Gasteiger partial charge in [0.25, 0.3) is 0 Å². The summed E-state index contributed by atoms with van der Waals surface area (Å²) in [5, 5.41) is 7.50. The van der Waals surface area contributed by atoms with Gasteiger partial charge in [0, 0.05) is 24.4 Å². The highest BCUT2D eigenvalue weighted by molar-refractivity contribution is 7.08. The Morgan fingerprint density at radius 3 is 2.62 bits per heavy atom. The standard InChI is InChI=1S/C20H26N4OS/c1-3-24(4-2)10-11-25-19-7-5-18(6-8-19)23-20-21-13-17(14-22-20)16-9-12-26-15-16/h5-9,12-13,15,17H,3-4,10-11,14H2,1-2H3,(H,22,23). The maximum atomic E-state index is 5.81. The summed E-state index contributed by atoms with van der Waals surface area (Å²) in [5.41, 5.74) is 2.25. The van der Waals surface area contributed by atoms with Crippen molar-refractivity contribution in [2.75, 3.05) is 38.1 Å². The van der Waals surface area contributed by atoms with Gasteiger partial charge < -0.3 is 15.0 Å². The Hall–Kier alpha value is -2.18. The molecule has 1 unspecified atom stereocenters. The first-order valence-corrected chi connectivity index (χ1v) is 10.1. The minimum atomic E-state index is 0.286. The van der Waals surface area contributed by atoms with Crippen molar-refractivity contribution in [1.29, 1.82) is 0 Å². The molecule has 1 aromatic carbocycles. The molecule has 1 aromatic heterocycles. The first-order chi connectivity index (χ1) is 12.8. The summed E-state index contributed by atoms with van der Waals surface area (Å²) in [5.74, 6) is 1.83. The van der Waals surface area contributed by atoms with E-state index in [1.807, 2.05) is 30.5 Å². The lowest BCUT2D eigenvalue weighted by Gasteiger charge is -2.18. The monoisotopic (exact) mass is 370 g/mol. The average Bonchev–Trinajstić information content (AvgIpc) is 3.22. The second-order valence-corrected chi connectivity index (χ2v) is 6.91. The van der Waals surface area contributed by atoms with Crippen molar-refractivity contribution < 1.29 is 4.74 Å². The molecule has 5 nitrogen and oxygen atoms in total. The highest BCUT2D eigenvalue weighted by atomic mass is 32.1. The van der Waals surface area contributed by atoms with Gasteiger partial charge in [-0.05, 0) is 59.7 Å². The van der Waals surface area contributed by atoms with E-state index >= 15 is 0 Å². The van der Waals surface area contributed by atoms with Crippen molar-refractivity contribution in [1.82, 2.24) is 4.90 Å². The van der Waals surface area contributed by atoms with E-state index in [-0.39, 0.29) is 5.92 Å². The number of rotatable bonds is 8. The van der Waals surface area contributed by atoms with Crippen molar-refractivity contribution in [2.24, 2.45) is 9.98 Å². The summed E-state index contributed by atoms with van der Waals surface area (Å²) in [6.45, 7) is 8.83. The normalized spacial score (nSPS) is 16.6. The second-order valence-electron chi connectivity index (χ2n) is 6.13. The lowest BCUT2D eigenvalue weighted by atomic mass is 10.0. The van der Waals surface area contributed by atoms with E-state index in [0.717, 1.165) is 37.6 Å². The summed E-state index contributed by atoms with van der Waals surface area (Å²) in [7, 11) is 0. The minimum absolute atomic E-state index is 0.286. The number of hydrogen-bond donors (Lipinski definition) is 1. The third kappa shape index (κ3) is 5.16. The first kappa shape index (κ1) is 18.6. The van der Waals surface area contributed by atoms with E-state index in [0.29, 0.717) is 12.6 Å². The van der Waals surface area contributed by atoms with Crippen LogP contribution in [0.1, 0.15) is 25.3 Å². The lowest BCUT2D eigenvalue weighted by Crippen LogP contribution is -2.27. The van der Waals surface area contributed by atoms with Gasteiger partial charge in [-0.15, -0.1) is 0 Å². The smallest absolute Gasteiger partial charge is 0.222 e. The number of anilines is 1. The van der Waals surface area contributed by atoms with Gasteiger partial charge in [-0.2, -0.15) is 11.3 Å². The van der Waals surface area contributed by atoms with E-state index in [9.17, 15) is 0 Å².